The smallest absolute Gasteiger partial charge is 0.331 e. The minimum Gasteiger partial charge on any atom is -0.497 e. The molecule has 0 saturated heterocycles. The third-order valence-corrected chi connectivity index (χ3v) is 3.93. The Hall–Kier alpha value is -3.02. The fraction of sp³-hybridized carbons (Fsp3) is 0.412. The van der Waals surface area contributed by atoms with Gasteiger partial charge in [0.1, 0.15) is 17.4 Å². The Bertz CT molecular complexity index is 760. The van der Waals surface area contributed by atoms with E-state index in [1.807, 2.05) is 0 Å². The highest BCUT2D eigenvalue weighted by atomic mass is 19.1. The van der Waals surface area contributed by atoms with E-state index in [0.717, 1.165) is 12.1 Å². The van der Waals surface area contributed by atoms with Crippen molar-refractivity contribution < 1.29 is 28.2 Å². The Morgan fingerprint density at radius 2 is 1.96 bits per heavy atom. The number of ether oxygens (including phenoxy) is 1. The number of carbonyl (C=O) groups excluding carboxylic acids is 1. The van der Waals surface area contributed by atoms with Gasteiger partial charge in [-0.05, 0) is 0 Å². The van der Waals surface area contributed by atoms with Gasteiger partial charge in [0.15, 0.2) is 11.7 Å². The Balaban J connectivity index is 2.06. The van der Waals surface area contributed by atoms with Crippen LogP contribution in [-0.4, -0.2) is 29.8 Å². The van der Waals surface area contributed by atoms with E-state index in [1.165, 1.54) is 7.11 Å². The first kappa shape index (κ1) is 19.3. The molecular formula is C17H17F2N3O4. The van der Waals surface area contributed by atoms with Gasteiger partial charge in [-0.2, -0.15) is 10.2 Å². The molecule has 0 saturated carbocycles. The van der Waals surface area contributed by atoms with Crippen molar-refractivity contribution in [3.63, 3.8) is 0 Å². The molecule has 1 amide bonds. The van der Waals surface area contributed by atoms with E-state index in [-0.39, 0.29) is 18.6 Å². The molecule has 2 rings (SSSR count). The van der Waals surface area contributed by atoms with Crippen LogP contribution in [-0.2, 0) is 9.59 Å². The Labute approximate surface area is 148 Å². The highest BCUT2D eigenvalue weighted by molar-refractivity contribution is 5.84. The zero-order chi connectivity index (χ0) is 19.3. The van der Waals surface area contributed by atoms with Crippen molar-refractivity contribution in [1.29, 1.82) is 0 Å². The van der Waals surface area contributed by atoms with Crippen LogP contribution < -0.4 is 10.1 Å². The van der Waals surface area contributed by atoms with Crippen molar-refractivity contribution in [3.05, 3.63) is 29.3 Å². The van der Waals surface area contributed by atoms with Crippen LogP contribution in [0.3, 0.4) is 0 Å². The number of methoxy groups -OCH3 is 1. The lowest BCUT2D eigenvalue weighted by atomic mass is 10.0. The fourth-order valence-corrected chi connectivity index (χ4v) is 2.43. The average Bonchev–Trinajstić information content (AvgIpc) is 3.36. The third-order valence-electron chi connectivity index (χ3n) is 3.93. The predicted octanol–water partition coefficient (Wildman–Crippen LogP) is 2.57. The number of rotatable bonds is 9. The van der Waals surface area contributed by atoms with E-state index < -0.39 is 40.8 Å². The molecule has 0 aromatic heterocycles. The average molecular weight is 365 g/mol. The van der Waals surface area contributed by atoms with E-state index in [4.69, 9.17) is 11.2 Å². The predicted molar refractivity (Wildman–Crippen MR) is 86.3 cm³/mol. The van der Waals surface area contributed by atoms with Gasteiger partial charge < -0.3 is 15.2 Å². The summed E-state index contributed by atoms with van der Waals surface area (Å²) in [5.41, 5.74) is -1.48. The van der Waals surface area contributed by atoms with Crippen LogP contribution in [0.4, 0.5) is 8.78 Å². The van der Waals surface area contributed by atoms with Crippen LogP contribution in [0.1, 0.15) is 37.3 Å². The second-order valence-electron chi connectivity index (χ2n) is 5.73. The van der Waals surface area contributed by atoms with Gasteiger partial charge in [-0.1, -0.05) is 0 Å². The monoisotopic (exact) mass is 365 g/mol. The zero-order valence-electron chi connectivity index (χ0n) is 14.0. The molecule has 1 aromatic rings. The topological polar surface area (TPSA) is 100 Å². The first-order valence-electron chi connectivity index (χ1n) is 7.74. The maximum Gasteiger partial charge on any atom is 0.331 e. The van der Waals surface area contributed by atoms with E-state index in [1.54, 1.807) is 0 Å². The minimum absolute atomic E-state index is 0.105. The van der Waals surface area contributed by atoms with Crippen LogP contribution in [0.25, 0.3) is 0 Å². The number of benzene rings is 1. The molecule has 0 aliphatic carbocycles. The van der Waals surface area contributed by atoms with Crippen LogP contribution in [0, 0.1) is 24.0 Å². The fourth-order valence-electron chi connectivity index (χ4n) is 2.43. The van der Waals surface area contributed by atoms with Gasteiger partial charge in [0.2, 0.25) is 5.91 Å². The lowest BCUT2D eigenvalue weighted by molar-refractivity contribution is -0.142. The van der Waals surface area contributed by atoms with Crippen molar-refractivity contribution in [2.24, 2.45) is 10.2 Å². The summed E-state index contributed by atoms with van der Waals surface area (Å²) in [4.78, 5) is 23.5. The largest absolute Gasteiger partial charge is 0.497 e. The number of carboxylic acids is 1. The van der Waals surface area contributed by atoms with Crippen LogP contribution in [0.2, 0.25) is 0 Å². The lowest BCUT2D eigenvalue weighted by Gasteiger charge is -2.17. The Kier molecular flexibility index (Phi) is 5.87. The minimum atomic E-state index is -1.87. The summed E-state index contributed by atoms with van der Waals surface area (Å²) in [5.74, 6) is -2.20. The third kappa shape index (κ3) is 4.53. The molecule has 0 radical (unpaired) electrons. The molecule has 1 aliphatic rings. The molecule has 7 nitrogen and oxygen atoms in total. The number of aliphatic carboxylic acids is 1. The Morgan fingerprint density at radius 3 is 2.42 bits per heavy atom. The summed E-state index contributed by atoms with van der Waals surface area (Å²) in [6.45, 7) is 0. The van der Waals surface area contributed by atoms with E-state index >= 15 is 0 Å². The van der Waals surface area contributed by atoms with Gasteiger partial charge in [-0.15, -0.1) is 12.3 Å². The number of terminal acetylenes is 1. The van der Waals surface area contributed by atoms with Crippen molar-refractivity contribution in [2.45, 2.75) is 37.4 Å². The first-order chi connectivity index (χ1) is 12.3. The molecule has 0 bridgehead atoms. The Morgan fingerprint density at radius 1 is 1.35 bits per heavy atom. The summed E-state index contributed by atoms with van der Waals surface area (Å²) in [5, 5.41) is 19.1. The number of carboxylic acid groups (broad SMARTS) is 1. The van der Waals surface area contributed by atoms with Gasteiger partial charge in [0.25, 0.3) is 0 Å². The van der Waals surface area contributed by atoms with E-state index in [9.17, 15) is 23.5 Å². The van der Waals surface area contributed by atoms with Gasteiger partial charge in [-0.25, -0.2) is 13.6 Å². The molecule has 0 spiro atoms. The maximum atomic E-state index is 14.1. The number of hydrogen-bond donors (Lipinski definition) is 2. The molecule has 9 heteroatoms. The number of halogens is 2. The normalized spacial score (nSPS) is 15.0. The molecule has 0 fully saturated rings. The lowest BCUT2D eigenvalue weighted by Crippen LogP contribution is -2.35. The molecule has 1 atom stereocenters. The highest BCUT2D eigenvalue weighted by Crippen LogP contribution is 2.37. The molecule has 138 valence electrons. The quantitative estimate of drug-likeness (QED) is 0.657. The number of nitrogens with zero attached hydrogens (tertiary/aromatic N) is 2. The second kappa shape index (κ2) is 7.91. The molecule has 1 unspecified atom stereocenters. The SMILES string of the molecule is C#CCCC1(CCC(=O)NC(C(=O)O)c2c(F)cc(OC)cc2F)N=N1. The zero-order valence-corrected chi connectivity index (χ0v) is 14.0. The summed E-state index contributed by atoms with van der Waals surface area (Å²) in [6, 6.07) is -0.183. The van der Waals surface area contributed by atoms with Crippen molar-refractivity contribution in [2.75, 3.05) is 7.11 Å². The molecule has 26 heavy (non-hydrogen) atoms. The molecule has 1 aliphatic heterocycles. The van der Waals surface area contributed by atoms with Gasteiger partial charge in [0.05, 0.1) is 12.7 Å². The standard InChI is InChI=1S/C17H17F2N3O4/c1-3-4-6-17(21-22-17)7-5-13(23)20-15(16(24)25)14-11(18)8-10(26-2)9-12(14)19/h1,8-9,15H,4-7H2,2H3,(H,20,23)(H,24,25). The van der Waals surface area contributed by atoms with Crippen molar-refractivity contribution >= 4 is 11.9 Å². The number of nitrogens with one attached hydrogen (secondary N) is 1. The van der Waals surface area contributed by atoms with Crippen LogP contribution in [0.15, 0.2) is 22.4 Å². The summed E-state index contributed by atoms with van der Waals surface area (Å²) >= 11 is 0. The van der Waals surface area contributed by atoms with Crippen LogP contribution >= 0.6 is 0 Å². The van der Waals surface area contributed by atoms with E-state index in [0.29, 0.717) is 12.8 Å². The summed E-state index contributed by atoms with van der Waals surface area (Å²) < 4.78 is 32.9. The van der Waals surface area contributed by atoms with E-state index in [2.05, 4.69) is 21.5 Å². The van der Waals surface area contributed by atoms with Gasteiger partial charge in [-0.3, -0.25) is 4.79 Å². The first-order valence-corrected chi connectivity index (χ1v) is 7.74. The second-order valence-corrected chi connectivity index (χ2v) is 5.73. The van der Waals surface area contributed by atoms with Crippen LogP contribution in [0.5, 0.6) is 5.75 Å². The van der Waals surface area contributed by atoms with Crippen molar-refractivity contribution in [1.82, 2.24) is 5.32 Å². The van der Waals surface area contributed by atoms with Crippen molar-refractivity contribution in [3.8, 4) is 18.1 Å². The maximum absolute atomic E-state index is 14.1. The summed E-state index contributed by atoms with van der Waals surface area (Å²) in [7, 11) is 1.22. The number of hydrogen-bond acceptors (Lipinski definition) is 5. The number of carbonyl (C=O) groups is 2. The molecular weight excluding hydrogens is 348 g/mol. The molecule has 1 aromatic carbocycles. The number of amides is 1. The molecule has 1 heterocycles. The van der Waals surface area contributed by atoms with Gasteiger partial charge in [0, 0.05) is 37.8 Å². The summed E-state index contributed by atoms with van der Waals surface area (Å²) in [6.07, 6.45) is 6.23. The molecule has 2 N–H and O–H groups in total. The van der Waals surface area contributed by atoms with Gasteiger partial charge >= 0.3 is 5.97 Å². The highest BCUT2D eigenvalue weighted by Gasteiger charge is 2.39.